The highest BCUT2D eigenvalue weighted by molar-refractivity contribution is 7.89. The Bertz CT molecular complexity index is 973. The molecule has 2 heterocycles. The summed E-state index contributed by atoms with van der Waals surface area (Å²) in [5.41, 5.74) is 3.40. The highest BCUT2D eigenvalue weighted by Gasteiger charge is 2.22. The van der Waals surface area contributed by atoms with Crippen molar-refractivity contribution in [1.29, 1.82) is 0 Å². The van der Waals surface area contributed by atoms with E-state index in [-0.39, 0.29) is 10.8 Å². The fourth-order valence-electron chi connectivity index (χ4n) is 4.13. The summed E-state index contributed by atoms with van der Waals surface area (Å²) in [6.45, 7) is 2.94. The number of nitrogens with zero attached hydrogens (tertiary/aromatic N) is 2. The van der Waals surface area contributed by atoms with Crippen LogP contribution >= 0.6 is 0 Å². The zero-order chi connectivity index (χ0) is 20.3. The summed E-state index contributed by atoms with van der Waals surface area (Å²) in [5.74, 6) is 0.0954. The minimum absolute atomic E-state index is 0.0954. The zero-order valence-electron chi connectivity index (χ0n) is 16.5. The second kappa shape index (κ2) is 8.55. The molecule has 6 nitrogen and oxygen atoms in total. The molecule has 0 spiro atoms. The lowest BCUT2D eigenvalue weighted by Gasteiger charge is -2.31. The number of amides is 1. The number of para-hydroxylation sites is 1. The Morgan fingerprint density at radius 1 is 0.931 bits per heavy atom. The Balaban J connectivity index is 1.31. The first-order chi connectivity index (χ1) is 14.0. The standard InChI is InChI=1S/C22H27N3O3S/c26-22-9-4-17-25(22)19-10-12-20(13-11-19)29(27,28)23-14-5-16-24-15-3-7-18-6-1-2-8-21(18)24/h1-2,6,8,10-13,23H,3-5,7,9,14-17H2. The van der Waals surface area contributed by atoms with Crippen LogP contribution in [-0.4, -0.2) is 40.5 Å². The van der Waals surface area contributed by atoms with Crippen molar-refractivity contribution < 1.29 is 13.2 Å². The van der Waals surface area contributed by atoms with E-state index in [2.05, 4.69) is 33.9 Å². The van der Waals surface area contributed by atoms with Crippen LogP contribution in [0.25, 0.3) is 0 Å². The first-order valence-electron chi connectivity index (χ1n) is 10.3. The summed E-state index contributed by atoms with van der Waals surface area (Å²) in [6, 6.07) is 15.0. The van der Waals surface area contributed by atoms with Crippen LogP contribution < -0.4 is 14.5 Å². The van der Waals surface area contributed by atoms with E-state index in [1.54, 1.807) is 29.2 Å². The van der Waals surface area contributed by atoms with Crippen molar-refractivity contribution in [2.24, 2.45) is 0 Å². The molecule has 0 radical (unpaired) electrons. The Morgan fingerprint density at radius 2 is 1.69 bits per heavy atom. The van der Waals surface area contributed by atoms with Gasteiger partial charge in [-0.3, -0.25) is 4.79 Å². The van der Waals surface area contributed by atoms with E-state index in [0.29, 0.717) is 19.5 Å². The number of aryl methyl sites for hydroxylation is 1. The molecule has 4 rings (SSSR count). The minimum atomic E-state index is -3.55. The number of fused-ring (bicyclic) bond motifs is 1. The number of sulfonamides is 1. The number of benzene rings is 2. The Morgan fingerprint density at radius 3 is 2.45 bits per heavy atom. The molecule has 2 aromatic rings. The summed E-state index contributed by atoms with van der Waals surface area (Å²) >= 11 is 0. The molecule has 0 atom stereocenters. The normalized spacial score (nSPS) is 16.9. The molecule has 1 amide bonds. The van der Waals surface area contributed by atoms with E-state index >= 15 is 0 Å². The smallest absolute Gasteiger partial charge is 0.240 e. The van der Waals surface area contributed by atoms with Crippen LogP contribution in [-0.2, 0) is 21.2 Å². The van der Waals surface area contributed by atoms with Crippen LogP contribution in [0.1, 0.15) is 31.2 Å². The van der Waals surface area contributed by atoms with Gasteiger partial charge in [0.05, 0.1) is 4.90 Å². The highest BCUT2D eigenvalue weighted by Crippen LogP contribution is 2.26. The number of rotatable bonds is 7. The SMILES string of the molecule is O=C1CCCN1c1ccc(S(=O)(=O)NCCCN2CCCc3ccccc32)cc1. The summed E-state index contributed by atoms with van der Waals surface area (Å²) < 4.78 is 27.8. The summed E-state index contributed by atoms with van der Waals surface area (Å²) in [7, 11) is -3.55. The molecule has 0 aromatic heterocycles. The molecule has 154 valence electrons. The largest absolute Gasteiger partial charge is 0.371 e. The predicted octanol–water partition coefficient (Wildman–Crippen LogP) is 2.93. The van der Waals surface area contributed by atoms with Crippen LogP contribution in [0, 0.1) is 0 Å². The van der Waals surface area contributed by atoms with Gasteiger partial charge < -0.3 is 9.80 Å². The van der Waals surface area contributed by atoms with Gasteiger partial charge in [0.25, 0.3) is 0 Å². The molecule has 7 heteroatoms. The first-order valence-corrected chi connectivity index (χ1v) is 11.8. The molecular weight excluding hydrogens is 386 g/mol. The van der Waals surface area contributed by atoms with Gasteiger partial charge in [-0.05, 0) is 61.6 Å². The molecule has 0 bridgehead atoms. The number of carbonyl (C=O) groups is 1. The minimum Gasteiger partial charge on any atom is -0.371 e. The van der Waals surface area contributed by atoms with E-state index < -0.39 is 10.0 Å². The third kappa shape index (κ3) is 4.46. The van der Waals surface area contributed by atoms with Gasteiger partial charge in [-0.1, -0.05) is 18.2 Å². The monoisotopic (exact) mass is 413 g/mol. The van der Waals surface area contributed by atoms with Gasteiger partial charge in [0, 0.05) is 44.0 Å². The maximum absolute atomic E-state index is 12.6. The lowest BCUT2D eigenvalue weighted by molar-refractivity contribution is -0.117. The molecule has 0 unspecified atom stereocenters. The summed E-state index contributed by atoms with van der Waals surface area (Å²) in [6.07, 6.45) is 4.39. The highest BCUT2D eigenvalue weighted by atomic mass is 32.2. The molecule has 0 saturated carbocycles. The van der Waals surface area contributed by atoms with Gasteiger partial charge in [-0.2, -0.15) is 0 Å². The quantitative estimate of drug-likeness (QED) is 0.709. The third-order valence-corrected chi connectivity index (χ3v) is 7.11. The van der Waals surface area contributed by atoms with Gasteiger partial charge in [0.2, 0.25) is 15.9 Å². The van der Waals surface area contributed by atoms with Crippen molar-refractivity contribution in [3.63, 3.8) is 0 Å². The number of nitrogens with one attached hydrogen (secondary N) is 1. The molecule has 2 aliphatic heterocycles. The predicted molar refractivity (Wildman–Crippen MR) is 115 cm³/mol. The number of hydrogen-bond donors (Lipinski definition) is 1. The molecule has 1 saturated heterocycles. The lowest BCUT2D eigenvalue weighted by atomic mass is 10.0. The zero-order valence-corrected chi connectivity index (χ0v) is 17.3. The fourth-order valence-corrected chi connectivity index (χ4v) is 5.20. The van der Waals surface area contributed by atoms with E-state index in [1.165, 1.54) is 11.3 Å². The van der Waals surface area contributed by atoms with Gasteiger partial charge in [-0.15, -0.1) is 0 Å². The molecule has 2 aliphatic rings. The fraction of sp³-hybridized carbons (Fsp3) is 0.409. The second-order valence-electron chi connectivity index (χ2n) is 7.61. The van der Waals surface area contributed by atoms with Crippen molar-refractivity contribution in [2.45, 2.75) is 37.0 Å². The van der Waals surface area contributed by atoms with Gasteiger partial charge in [-0.25, -0.2) is 13.1 Å². The topological polar surface area (TPSA) is 69.7 Å². The van der Waals surface area contributed by atoms with Crippen LogP contribution in [0.2, 0.25) is 0 Å². The van der Waals surface area contributed by atoms with Crippen LogP contribution in [0.3, 0.4) is 0 Å². The lowest BCUT2D eigenvalue weighted by Crippen LogP contribution is -2.33. The van der Waals surface area contributed by atoms with Crippen molar-refractivity contribution in [2.75, 3.05) is 36.0 Å². The summed E-state index contributed by atoms with van der Waals surface area (Å²) in [4.78, 5) is 16.1. The van der Waals surface area contributed by atoms with E-state index in [0.717, 1.165) is 44.5 Å². The first kappa shape index (κ1) is 19.9. The molecule has 2 aromatic carbocycles. The van der Waals surface area contributed by atoms with Crippen molar-refractivity contribution in [3.8, 4) is 0 Å². The second-order valence-corrected chi connectivity index (χ2v) is 9.38. The number of carbonyl (C=O) groups excluding carboxylic acids is 1. The van der Waals surface area contributed by atoms with E-state index in [1.807, 2.05) is 0 Å². The number of hydrogen-bond acceptors (Lipinski definition) is 4. The number of anilines is 2. The average molecular weight is 414 g/mol. The average Bonchev–Trinajstić information content (AvgIpc) is 3.17. The Hall–Kier alpha value is -2.38. The maximum Gasteiger partial charge on any atom is 0.240 e. The van der Waals surface area contributed by atoms with Gasteiger partial charge in [0.15, 0.2) is 0 Å². The van der Waals surface area contributed by atoms with Crippen molar-refractivity contribution in [3.05, 3.63) is 54.1 Å². The summed E-state index contributed by atoms with van der Waals surface area (Å²) in [5, 5.41) is 0. The van der Waals surface area contributed by atoms with Crippen molar-refractivity contribution >= 4 is 27.3 Å². The van der Waals surface area contributed by atoms with Gasteiger partial charge >= 0.3 is 0 Å². The van der Waals surface area contributed by atoms with Crippen LogP contribution in [0.15, 0.2) is 53.4 Å². The third-order valence-electron chi connectivity index (χ3n) is 5.64. The Labute approximate surface area is 172 Å². The molecule has 29 heavy (non-hydrogen) atoms. The van der Waals surface area contributed by atoms with Crippen LogP contribution in [0.4, 0.5) is 11.4 Å². The van der Waals surface area contributed by atoms with E-state index in [4.69, 9.17) is 0 Å². The Kier molecular flexibility index (Phi) is 5.87. The molecule has 1 fully saturated rings. The van der Waals surface area contributed by atoms with Crippen molar-refractivity contribution in [1.82, 2.24) is 4.72 Å². The molecule has 1 N–H and O–H groups in total. The molecule has 0 aliphatic carbocycles. The maximum atomic E-state index is 12.6. The van der Waals surface area contributed by atoms with E-state index in [9.17, 15) is 13.2 Å². The molecular formula is C22H27N3O3S. The van der Waals surface area contributed by atoms with Crippen LogP contribution in [0.5, 0.6) is 0 Å². The van der Waals surface area contributed by atoms with Gasteiger partial charge in [0.1, 0.15) is 0 Å².